The molecule has 4 rings (SSSR count). The molecule has 1 N–H and O–H groups in total. The summed E-state index contributed by atoms with van der Waals surface area (Å²) in [6, 6.07) is 17.7. The minimum atomic E-state index is -0.279. The number of hydrogen-bond donors (Lipinski definition) is 1. The highest BCUT2D eigenvalue weighted by Crippen LogP contribution is 2.29. The lowest BCUT2D eigenvalue weighted by Gasteiger charge is -2.31. The maximum Gasteiger partial charge on any atom is 0.229 e. The van der Waals surface area contributed by atoms with E-state index in [2.05, 4.69) is 5.32 Å². The van der Waals surface area contributed by atoms with Gasteiger partial charge in [0.2, 0.25) is 11.8 Å². The summed E-state index contributed by atoms with van der Waals surface area (Å²) in [5.74, 6) is 0.463. The SMILES string of the molecule is O=C(Nc1cccc(OCc2ccccc2)c1)C1CC(=O)N(C2CCCCC2)C1. The van der Waals surface area contributed by atoms with Crippen molar-refractivity contribution in [2.75, 3.05) is 11.9 Å². The lowest BCUT2D eigenvalue weighted by atomic mass is 9.94. The molecule has 2 aliphatic rings. The number of nitrogens with one attached hydrogen (secondary N) is 1. The largest absolute Gasteiger partial charge is 0.489 e. The molecule has 5 heteroatoms. The smallest absolute Gasteiger partial charge is 0.229 e. The molecule has 2 fully saturated rings. The number of nitrogens with zero attached hydrogens (tertiary/aromatic N) is 1. The van der Waals surface area contributed by atoms with Gasteiger partial charge in [-0.1, -0.05) is 55.7 Å². The second kappa shape index (κ2) is 9.12. The summed E-state index contributed by atoms with van der Waals surface area (Å²) < 4.78 is 5.84. The number of carbonyl (C=O) groups is 2. The van der Waals surface area contributed by atoms with Crippen LogP contribution in [-0.4, -0.2) is 29.3 Å². The number of benzene rings is 2. The molecule has 1 saturated carbocycles. The zero-order valence-corrected chi connectivity index (χ0v) is 16.7. The quantitative estimate of drug-likeness (QED) is 0.793. The van der Waals surface area contributed by atoms with Crippen molar-refractivity contribution in [3.05, 3.63) is 60.2 Å². The number of hydrogen-bond acceptors (Lipinski definition) is 3. The van der Waals surface area contributed by atoms with Gasteiger partial charge in [0.15, 0.2) is 0 Å². The Morgan fingerprint density at radius 3 is 2.62 bits per heavy atom. The Morgan fingerprint density at radius 1 is 1.03 bits per heavy atom. The van der Waals surface area contributed by atoms with Crippen molar-refractivity contribution in [1.29, 1.82) is 0 Å². The van der Waals surface area contributed by atoms with Crippen LogP contribution in [0, 0.1) is 5.92 Å². The predicted molar refractivity (Wildman–Crippen MR) is 113 cm³/mol. The molecule has 1 aliphatic heterocycles. The molecule has 2 aromatic rings. The van der Waals surface area contributed by atoms with Crippen molar-refractivity contribution >= 4 is 17.5 Å². The molecule has 1 atom stereocenters. The minimum absolute atomic E-state index is 0.0862. The summed E-state index contributed by atoms with van der Waals surface area (Å²) >= 11 is 0. The van der Waals surface area contributed by atoms with Crippen LogP contribution in [0.5, 0.6) is 5.75 Å². The summed E-state index contributed by atoms with van der Waals surface area (Å²) in [7, 11) is 0. The molecule has 5 nitrogen and oxygen atoms in total. The lowest BCUT2D eigenvalue weighted by Crippen LogP contribution is -2.38. The van der Waals surface area contributed by atoms with Gasteiger partial charge in [-0.2, -0.15) is 0 Å². The Kier molecular flexibility index (Phi) is 6.13. The molecule has 1 heterocycles. The van der Waals surface area contributed by atoms with Crippen LogP contribution in [0.15, 0.2) is 54.6 Å². The number of anilines is 1. The van der Waals surface area contributed by atoms with Gasteiger partial charge in [-0.25, -0.2) is 0 Å². The van der Waals surface area contributed by atoms with Gasteiger partial charge in [-0.15, -0.1) is 0 Å². The van der Waals surface area contributed by atoms with Crippen LogP contribution in [0.25, 0.3) is 0 Å². The summed E-state index contributed by atoms with van der Waals surface area (Å²) in [4.78, 5) is 27.1. The predicted octanol–water partition coefficient (Wildman–Crippen LogP) is 4.39. The van der Waals surface area contributed by atoms with Crippen molar-refractivity contribution in [3.8, 4) is 5.75 Å². The average Bonchev–Trinajstić information content (AvgIpc) is 3.16. The first-order valence-electron chi connectivity index (χ1n) is 10.6. The van der Waals surface area contributed by atoms with E-state index in [0.717, 1.165) is 18.4 Å². The van der Waals surface area contributed by atoms with E-state index in [0.29, 0.717) is 37.1 Å². The van der Waals surface area contributed by atoms with Crippen LogP contribution >= 0.6 is 0 Å². The maximum absolute atomic E-state index is 12.7. The van der Waals surface area contributed by atoms with Gasteiger partial charge in [0.25, 0.3) is 0 Å². The van der Waals surface area contributed by atoms with E-state index >= 15 is 0 Å². The molecular weight excluding hydrogens is 364 g/mol. The third-order valence-corrected chi connectivity index (χ3v) is 5.89. The van der Waals surface area contributed by atoms with Gasteiger partial charge in [-0.3, -0.25) is 9.59 Å². The zero-order valence-electron chi connectivity index (χ0n) is 16.7. The standard InChI is InChI=1S/C24H28N2O3/c27-23-14-19(16-26(23)21-11-5-2-6-12-21)24(28)25-20-10-7-13-22(15-20)29-17-18-8-3-1-4-9-18/h1,3-4,7-10,13,15,19,21H,2,5-6,11-12,14,16-17H2,(H,25,28). The van der Waals surface area contributed by atoms with Crippen LogP contribution in [0.2, 0.25) is 0 Å². The Morgan fingerprint density at radius 2 is 1.83 bits per heavy atom. The fourth-order valence-corrected chi connectivity index (χ4v) is 4.30. The molecule has 2 amide bonds. The Bertz CT molecular complexity index is 846. The van der Waals surface area contributed by atoms with E-state index < -0.39 is 0 Å². The zero-order chi connectivity index (χ0) is 20.1. The van der Waals surface area contributed by atoms with Crippen molar-refractivity contribution in [1.82, 2.24) is 4.90 Å². The van der Waals surface area contributed by atoms with E-state index in [1.165, 1.54) is 19.3 Å². The summed E-state index contributed by atoms with van der Waals surface area (Å²) in [5, 5.41) is 2.97. The number of ether oxygens (including phenoxy) is 1. The number of amides is 2. The fourth-order valence-electron chi connectivity index (χ4n) is 4.30. The average molecular weight is 392 g/mol. The first kappa shape index (κ1) is 19.5. The van der Waals surface area contributed by atoms with Gasteiger partial charge < -0.3 is 15.0 Å². The molecule has 1 saturated heterocycles. The van der Waals surface area contributed by atoms with Gasteiger partial charge in [0, 0.05) is 30.8 Å². The third kappa shape index (κ3) is 4.97. The van der Waals surface area contributed by atoms with E-state index in [1.807, 2.05) is 59.5 Å². The highest BCUT2D eigenvalue weighted by Gasteiger charge is 2.38. The Balaban J connectivity index is 1.33. The van der Waals surface area contributed by atoms with Crippen LogP contribution < -0.4 is 10.1 Å². The lowest BCUT2D eigenvalue weighted by molar-refractivity contribution is -0.130. The molecule has 0 spiro atoms. The highest BCUT2D eigenvalue weighted by atomic mass is 16.5. The third-order valence-electron chi connectivity index (χ3n) is 5.89. The van der Waals surface area contributed by atoms with Crippen LogP contribution in [0.3, 0.4) is 0 Å². The van der Waals surface area contributed by atoms with Crippen molar-refractivity contribution in [3.63, 3.8) is 0 Å². The first-order valence-corrected chi connectivity index (χ1v) is 10.6. The molecule has 0 radical (unpaired) electrons. The van der Waals surface area contributed by atoms with Crippen molar-refractivity contribution < 1.29 is 14.3 Å². The molecule has 2 aromatic carbocycles. The molecular formula is C24H28N2O3. The van der Waals surface area contributed by atoms with E-state index in [4.69, 9.17) is 4.74 Å². The summed E-state index contributed by atoms with van der Waals surface area (Å²) in [6.45, 7) is 1.02. The van der Waals surface area contributed by atoms with E-state index in [1.54, 1.807) is 0 Å². The van der Waals surface area contributed by atoms with E-state index in [-0.39, 0.29) is 17.7 Å². The molecule has 0 aromatic heterocycles. The van der Waals surface area contributed by atoms with Gasteiger partial charge in [-0.05, 0) is 30.5 Å². The Hall–Kier alpha value is -2.82. The number of likely N-dealkylation sites (tertiary alicyclic amines) is 1. The summed E-state index contributed by atoms with van der Waals surface area (Å²) in [5.41, 5.74) is 1.79. The van der Waals surface area contributed by atoms with Crippen LogP contribution in [0.1, 0.15) is 44.1 Å². The van der Waals surface area contributed by atoms with Gasteiger partial charge >= 0.3 is 0 Å². The van der Waals surface area contributed by atoms with Crippen LogP contribution in [-0.2, 0) is 16.2 Å². The van der Waals surface area contributed by atoms with Crippen molar-refractivity contribution in [2.24, 2.45) is 5.92 Å². The summed E-state index contributed by atoms with van der Waals surface area (Å²) in [6.07, 6.45) is 6.07. The van der Waals surface area contributed by atoms with Gasteiger partial charge in [0.05, 0.1) is 5.92 Å². The first-order chi connectivity index (χ1) is 14.2. The fraction of sp³-hybridized carbons (Fsp3) is 0.417. The maximum atomic E-state index is 12.7. The highest BCUT2D eigenvalue weighted by molar-refractivity contribution is 5.97. The molecule has 29 heavy (non-hydrogen) atoms. The molecule has 0 bridgehead atoms. The topological polar surface area (TPSA) is 58.6 Å². The number of rotatable bonds is 6. The number of carbonyl (C=O) groups excluding carboxylic acids is 2. The van der Waals surface area contributed by atoms with Crippen LogP contribution in [0.4, 0.5) is 5.69 Å². The molecule has 1 unspecified atom stereocenters. The normalized spacial score (nSPS) is 19.9. The Labute approximate surface area is 172 Å². The second-order valence-corrected chi connectivity index (χ2v) is 8.03. The molecule has 152 valence electrons. The second-order valence-electron chi connectivity index (χ2n) is 8.03. The van der Waals surface area contributed by atoms with Gasteiger partial charge in [0.1, 0.15) is 12.4 Å². The van der Waals surface area contributed by atoms with E-state index in [9.17, 15) is 9.59 Å². The van der Waals surface area contributed by atoms with Crippen molar-refractivity contribution in [2.45, 2.75) is 51.2 Å². The molecule has 1 aliphatic carbocycles. The minimum Gasteiger partial charge on any atom is -0.489 e. The monoisotopic (exact) mass is 392 g/mol.